The minimum atomic E-state index is 0.696. The van der Waals surface area contributed by atoms with Crippen molar-refractivity contribution >= 4 is 0 Å². The number of nitrogens with one attached hydrogen (secondary N) is 1. The lowest BCUT2D eigenvalue weighted by molar-refractivity contribution is 0.252. The average molecular weight is 237 g/mol. The summed E-state index contributed by atoms with van der Waals surface area (Å²) in [6.07, 6.45) is 3.11. The lowest BCUT2D eigenvalue weighted by Crippen LogP contribution is -2.31. The van der Waals surface area contributed by atoms with Gasteiger partial charge in [-0.1, -0.05) is 0 Å². The van der Waals surface area contributed by atoms with Gasteiger partial charge in [0.25, 0.3) is 0 Å². The summed E-state index contributed by atoms with van der Waals surface area (Å²) in [6, 6.07) is 2.85. The van der Waals surface area contributed by atoms with E-state index in [1.54, 1.807) is 0 Å². The highest BCUT2D eigenvalue weighted by molar-refractivity contribution is 5.12. The first kappa shape index (κ1) is 12.6. The Labute approximate surface area is 104 Å². The smallest absolute Gasteiger partial charge is 0.118 e. The topological polar surface area (TPSA) is 31.7 Å². The van der Waals surface area contributed by atoms with Gasteiger partial charge < -0.3 is 14.6 Å². The van der Waals surface area contributed by atoms with E-state index in [0.717, 1.165) is 25.4 Å². The Hall–Kier alpha value is -0.840. The number of hydrogen-bond donors (Lipinski definition) is 1. The molecule has 2 heterocycles. The predicted molar refractivity (Wildman–Crippen MR) is 68.8 cm³/mol. The molecule has 2 rings (SSSR count). The molecule has 96 valence electrons. The van der Waals surface area contributed by atoms with Gasteiger partial charge in [-0.15, -0.1) is 0 Å². The monoisotopic (exact) mass is 237 g/mol. The van der Waals surface area contributed by atoms with Gasteiger partial charge in [-0.3, -0.25) is 4.90 Å². The molecule has 0 spiro atoms. The molecule has 0 radical (unpaired) electrons. The average Bonchev–Trinajstić information content (AvgIpc) is 2.89. The van der Waals surface area contributed by atoms with E-state index >= 15 is 0 Å². The van der Waals surface area contributed by atoms with Crippen molar-refractivity contribution < 1.29 is 4.42 Å². The second-order valence-electron chi connectivity index (χ2n) is 5.09. The molecule has 1 aliphatic rings. The summed E-state index contributed by atoms with van der Waals surface area (Å²) in [5.74, 6) is 1.08. The van der Waals surface area contributed by atoms with E-state index < -0.39 is 0 Å². The Morgan fingerprint density at radius 1 is 1.53 bits per heavy atom. The van der Waals surface area contributed by atoms with Gasteiger partial charge in [-0.05, 0) is 33.6 Å². The van der Waals surface area contributed by atoms with Crippen molar-refractivity contribution in [3.05, 3.63) is 23.7 Å². The van der Waals surface area contributed by atoms with Gasteiger partial charge in [0, 0.05) is 31.2 Å². The van der Waals surface area contributed by atoms with Gasteiger partial charge in [-0.2, -0.15) is 0 Å². The molecule has 1 aromatic heterocycles. The van der Waals surface area contributed by atoms with Crippen LogP contribution >= 0.6 is 0 Å². The van der Waals surface area contributed by atoms with Crippen LogP contribution in [0, 0.1) is 0 Å². The van der Waals surface area contributed by atoms with Crippen LogP contribution in [-0.4, -0.2) is 50.1 Å². The summed E-state index contributed by atoms with van der Waals surface area (Å²) in [4.78, 5) is 4.78. The maximum absolute atomic E-state index is 5.58. The van der Waals surface area contributed by atoms with E-state index in [9.17, 15) is 0 Å². The lowest BCUT2D eigenvalue weighted by atomic mass is 10.2. The van der Waals surface area contributed by atoms with Crippen molar-refractivity contribution in [2.24, 2.45) is 0 Å². The van der Waals surface area contributed by atoms with Crippen molar-refractivity contribution in [2.75, 3.05) is 34.2 Å². The number of likely N-dealkylation sites (N-methyl/N-ethyl adjacent to an activating group) is 1. The van der Waals surface area contributed by atoms with E-state index in [2.05, 4.69) is 35.3 Å². The first-order valence-electron chi connectivity index (χ1n) is 6.28. The Morgan fingerprint density at radius 2 is 2.35 bits per heavy atom. The Balaban J connectivity index is 1.84. The minimum absolute atomic E-state index is 0.696. The molecular weight excluding hydrogens is 214 g/mol. The van der Waals surface area contributed by atoms with Crippen LogP contribution < -0.4 is 5.32 Å². The number of nitrogens with zero attached hydrogens (tertiary/aromatic N) is 2. The van der Waals surface area contributed by atoms with Crippen molar-refractivity contribution in [1.82, 2.24) is 15.1 Å². The molecular formula is C13H23N3O. The quantitative estimate of drug-likeness (QED) is 0.832. The van der Waals surface area contributed by atoms with Crippen LogP contribution in [0.3, 0.4) is 0 Å². The first-order valence-corrected chi connectivity index (χ1v) is 6.28. The summed E-state index contributed by atoms with van der Waals surface area (Å²) in [7, 11) is 6.27. The fourth-order valence-corrected chi connectivity index (χ4v) is 2.40. The van der Waals surface area contributed by atoms with Crippen molar-refractivity contribution in [3.63, 3.8) is 0 Å². The Morgan fingerprint density at radius 3 is 3.00 bits per heavy atom. The Kier molecular flexibility index (Phi) is 4.20. The third-order valence-corrected chi connectivity index (χ3v) is 3.45. The van der Waals surface area contributed by atoms with Gasteiger partial charge in [0.05, 0.1) is 12.8 Å². The van der Waals surface area contributed by atoms with Crippen molar-refractivity contribution in [3.8, 4) is 0 Å². The molecule has 0 saturated carbocycles. The van der Waals surface area contributed by atoms with E-state index in [4.69, 9.17) is 4.42 Å². The maximum atomic E-state index is 5.58. The van der Waals surface area contributed by atoms with E-state index in [1.165, 1.54) is 18.5 Å². The summed E-state index contributed by atoms with van der Waals surface area (Å²) in [6.45, 7) is 4.14. The van der Waals surface area contributed by atoms with Crippen LogP contribution in [0.2, 0.25) is 0 Å². The van der Waals surface area contributed by atoms with Crippen LogP contribution in [0.5, 0.6) is 0 Å². The largest absolute Gasteiger partial charge is 0.468 e. The Bertz CT molecular complexity index is 348. The highest BCUT2D eigenvalue weighted by Gasteiger charge is 2.24. The van der Waals surface area contributed by atoms with Gasteiger partial charge in [0.2, 0.25) is 0 Å². The van der Waals surface area contributed by atoms with Crippen molar-refractivity contribution in [2.45, 2.75) is 25.6 Å². The number of likely N-dealkylation sites (tertiary alicyclic amines) is 1. The predicted octanol–water partition coefficient (Wildman–Crippen LogP) is 1.13. The zero-order valence-corrected chi connectivity index (χ0v) is 11.1. The standard InChI is InChI=1S/C13H23N3O/c1-14-7-11-6-13(17-10-11)9-16-5-4-12(8-16)15(2)3/h6,10,12,14H,4-5,7-9H2,1-3H3. The normalized spacial score (nSPS) is 21.5. The van der Waals surface area contributed by atoms with Crippen molar-refractivity contribution in [1.29, 1.82) is 0 Å². The molecule has 1 N–H and O–H groups in total. The fraction of sp³-hybridized carbons (Fsp3) is 0.692. The third-order valence-electron chi connectivity index (χ3n) is 3.45. The fourth-order valence-electron chi connectivity index (χ4n) is 2.40. The molecule has 1 aliphatic heterocycles. The molecule has 0 bridgehead atoms. The van der Waals surface area contributed by atoms with E-state index in [-0.39, 0.29) is 0 Å². The van der Waals surface area contributed by atoms with Crippen LogP contribution in [-0.2, 0) is 13.1 Å². The lowest BCUT2D eigenvalue weighted by Gasteiger charge is -2.19. The third kappa shape index (κ3) is 3.31. The van der Waals surface area contributed by atoms with E-state index in [0.29, 0.717) is 6.04 Å². The minimum Gasteiger partial charge on any atom is -0.468 e. The molecule has 1 saturated heterocycles. The zero-order chi connectivity index (χ0) is 12.3. The second kappa shape index (κ2) is 5.67. The highest BCUT2D eigenvalue weighted by atomic mass is 16.3. The van der Waals surface area contributed by atoms with E-state index in [1.807, 2.05) is 13.3 Å². The molecule has 1 fully saturated rings. The molecule has 4 heteroatoms. The first-order chi connectivity index (χ1) is 8.19. The van der Waals surface area contributed by atoms with Crippen LogP contribution in [0.15, 0.2) is 16.7 Å². The van der Waals surface area contributed by atoms with Gasteiger partial charge in [0.15, 0.2) is 0 Å². The number of rotatable bonds is 5. The SMILES string of the molecule is CNCc1coc(CN2CCC(N(C)C)C2)c1. The molecule has 0 aliphatic carbocycles. The molecule has 1 unspecified atom stereocenters. The second-order valence-corrected chi connectivity index (χ2v) is 5.09. The summed E-state index contributed by atoms with van der Waals surface area (Å²) < 4.78 is 5.58. The number of hydrogen-bond acceptors (Lipinski definition) is 4. The summed E-state index contributed by atoms with van der Waals surface area (Å²) >= 11 is 0. The molecule has 1 aromatic rings. The van der Waals surface area contributed by atoms with Crippen LogP contribution in [0.25, 0.3) is 0 Å². The van der Waals surface area contributed by atoms with Gasteiger partial charge >= 0.3 is 0 Å². The molecule has 0 amide bonds. The summed E-state index contributed by atoms with van der Waals surface area (Å²) in [5.41, 5.74) is 1.23. The molecule has 4 nitrogen and oxygen atoms in total. The number of furan rings is 1. The van der Waals surface area contributed by atoms with Gasteiger partial charge in [-0.25, -0.2) is 0 Å². The van der Waals surface area contributed by atoms with Crippen LogP contribution in [0.4, 0.5) is 0 Å². The molecule has 1 atom stereocenters. The molecule has 0 aromatic carbocycles. The maximum Gasteiger partial charge on any atom is 0.118 e. The molecule has 17 heavy (non-hydrogen) atoms. The summed E-state index contributed by atoms with van der Waals surface area (Å²) in [5, 5.41) is 3.13. The van der Waals surface area contributed by atoms with Gasteiger partial charge in [0.1, 0.15) is 5.76 Å². The zero-order valence-electron chi connectivity index (χ0n) is 11.1. The highest BCUT2D eigenvalue weighted by Crippen LogP contribution is 2.17. The van der Waals surface area contributed by atoms with Crippen LogP contribution in [0.1, 0.15) is 17.7 Å².